The Morgan fingerprint density at radius 3 is 1.61 bits per heavy atom. The van der Waals surface area contributed by atoms with Gasteiger partial charge in [0.2, 0.25) is 0 Å². The maximum Gasteiger partial charge on any atom is 0.187 e. The zero-order chi connectivity index (χ0) is 45.6. The van der Waals surface area contributed by atoms with Gasteiger partial charge in [-0.3, -0.25) is 0 Å². The van der Waals surface area contributed by atoms with E-state index < -0.39 is 67.7 Å². The van der Waals surface area contributed by atoms with Gasteiger partial charge in [-0.1, -0.05) is 170 Å². The lowest BCUT2D eigenvalue weighted by molar-refractivity contribution is -0.549. The minimum Gasteiger partial charge on any atom is -0.829 e. The van der Waals surface area contributed by atoms with Crippen molar-refractivity contribution in [2.75, 3.05) is 13.2 Å². The maximum atomic E-state index is 14.5. The summed E-state index contributed by atoms with van der Waals surface area (Å²) in [6, 6.07) is 58.3. The average molecular weight is 905 g/mol. The summed E-state index contributed by atoms with van der Waals surface area (Å²) >= 11 is 0. The Balaban J connectivity index is 1.08. The molecule has 6 aromatic carbocycles. The van der Waals surface area contributed by atoms with Crippen LogP contribution >= 0.6 is 0 Å². The second kappa shape index (κ2) is 23.4. The van der Waals surface area contributed by atoms with Gasteiger partial charge in [0.1, 0.15) is 48.8 Å². The van der Waals surface area contributed by atoms with Crippen LogP contribution in [-0.4, -0.2) is 74.6 Å². The van der Waals surface area contributed by atoms with Crippen molar-refractivity contribution in [2.24, 2.45) is 0 Å². The van der Waals surface area contributed by atoms with Gasteiger partial charge < -0.3 is 52.5 Å². The summed E-state index contributed by atoms with van der Waals surface area (Å²) in [5.41, 5.74) is 5.65. The highest BCUT2D eigenvalue weighted by Crippen LogP contribution is 2.39. The monoisotopic (exact) mass is 904 g/mol. The van der Waals surface area contributed by atoms with Gasteiger partial charge in [0.05, 0.1) is 57.9 Å². The SMILES string of the molecule is N#Cc1ccccc1CO[C@H]1[C@@H](O[C@@H]2[C@@H](OCc3ccccc3)[C@@H]3OC(c4ccccc4)OC[C@H]3O[C@@H]2[O-])O[C@H](COCc2ccccc2)[C@@H](OCc2ccccc2)[C@@H]1OCc1ccccc1. The van der Waals surface area contributed by atoms with Gasteiger partial charge >= 0.3 is 0 Å². The van der Waals surface area contributed by atoms with Gasteiger partial charge in [0.25, 0.3) is 0 Å². The first-order valence-electron chi connectivity index (χ1n) is 22.7. The molecule has 12 nitrogen and oxygen atoms in total. The van der Waals surface area contributed by atoms with Gasteiger partial charge in [-0.05, 0) is 33.9 Å². The number of benzene rings is 6. The van der Waals surface area contributed by atoms with Crippen molar-refractivity contribution in [1.82, 2.24) is 0 Å². The molecule has 3 aliphatic heterocycles. The minimum atomic E-state index is -1.76. The number of rotatable bonds is 19. The number of hydrogen-bond donors (Lipinski definition) is 0. The molecule has 0 N–H and O–H groups in total. The van der Waals surface area contributed by atoms with E-state index in [1.165, 1.54) is 0 Å². The van der Waals surface area contributed by atoms with Crippen molar-refractivity contribution in [3.05, 3.63) is 215 Å². The number of fused-ring (bicyclic) bond motifs is 1. The summed E-state index contributed by atoms with van der Waals surface area (Å²) in [4.78, 5) is 0. The Kier molecular flexibility index (Phi) is 16.2. The molecule has 0 spiro atoms. The van der Waals surface area contributed by atoms with Crippen LogP contribution < -0.4 is 5.11 Å². The van der Waals surface area contributed by atoms with Crippen LogP contribution in [0.15, 0.2) is 176 Å². The van der Waals surface area contributed by atoms with Crippen LogP contribution in [0.2, 0.25) is 0 Å². The molecule has 0 saturated carbocycles. The Hall–Kier alpha value is -5.63. The van der Waals surface area contributed by atoms with Crippen LogP contribution in [0.4, 0.5) is 0 Å². The van der Waals surface area contributed by atoms with Crippen LogP contribution in [-0.2, 0) is 80.4 Å². The van der Waals surface area contributed by atoms with Crippen LogP contribution in [0.1, 0.15) is 45.2 Å². The molecule has 11 atom stereocenters. The highest BCUT2D eigenvalue weighted by Gasteiger charge is 2.54. The van der Waals surface area contributed by atoms with Crippen molar-refractivity contribution < 1.29 is 52.5 Å². The Morgan fingerprint density at radius 1 is 0.507 bits per heavy atom. The van der Waals surface area contributed by atoms with Crippen molar-refractivity contribution in [2.45, 2.75) is 101 Å². The first-order valence-corrected chi connectivity index (χ1v) is 22.7. The smallest absolute Gasteiger partial charge is 0.187 e. The van der Waals surface area contributed by atoms with Crippen molar-refractivity contribution in [1.29, 1.82) is 5.26 Å². The van der Waals surface area contributed by atoms with Crippen LogP contribution in [0.3, 0.4) is 0 Å². The predicted octanol–water partition coefficient (Wildman–Crippen LogP) is 7.73. The lowest BCUT2D eigenvalue weighted by Crippen LogP contribution is -2.69. The van der Waals surface area contributed by atoms with Crippen LogP contribution in [0, 0.1) is 11.3 Å². The molecule has 1 unspecified atom stereocenters. The molecule has 12 heteroatoms. The molecule has 3 saturated heterocycles. The fraction of sp³-hybridized carbons (Fsp3) is 0.327. The number of nitrogens with zero attached hydrogens (tertiary/aromatic N) is 1. The summed E-state index contributed by atoms with van der Waals surface area (Å²) in [6.45, 7) is 1.04. The molecule has 3 heterocycles. The molecule has 3 aliphatic rings. The molecular weight excluding hydrogens is 851 g/mol. The predicted molar refractivity (Wildman–Crippen MR) is 243 cm³/mol. The summed E-state index contributed by atoms with van der Waals surface area (Å²) in [6.07, 6.45) is -11.0. The van der Waals surface area contributed by atoms with E-state index in [2.05, 4.69) is 6.07 Å². The third kappa shape index (κ3) is 12.1. The molecule has 3 fully saturated rings. The van der Waals surface area contributed by atoms with E-state index in [4.69, 9.17) is 47.4 Å². The lowest BCUT2D eigenvalue weighted by Gasteiger charge is -2.53. The fourth-order valence-electron chi connectivity index (χ4n) is 8.61. The first kappa shape index (κ1) is 46.5. The zero-order valence-corrected chi connectivity index (χ0v) is 37.0. The largest absolute Gasteiger partial charge is 0.829 e. The quantitative estimate of drug-likeness (QED) is 0.0787. The molecule has 346 valence electrons. The van der Waals surface area contributed by atoms with Gasteiger partial charge in [0, 0.05) is 11.9 Å². The van der Waals surface area contributed by atoms with E-state index in [0.29, 0.717) is 17.7 Å². The Labute approximate surface area is 391 Å². The van der Waals surface area contributed by atoms with E-state index >= 15 is 0 Å². The molecule has 0 aromatic heterocycles. The van der Waals surface area contributed by atoms with Crippen molar-refractivity contribution >= 4 is 0 Å². The summed E-state index contributed by atoms with van der Waals surface area (Å²) in [5.74, 6) is 0. The molecule has 0 radical (unpaired) electrons. The average Bonchev–Trinajstić information content (AvgIpc) is 3.38. The molecule has 0 amide bonds. The molecule has 9 rings (SSSR count). The highest BCUT2D eigenvalue weighted by atomic mass is 16.8. The van der Waals surface area contributed by atoms with Gasteiger partial charge in [-0.25, -0.2) is 0 Å². The number of nitriles is 1. The molecular formula is C55H54NO11-. The zero-order valence-electron chi connectivity index (χ0n) is 37.0. The summed E-state index contributed by atoms with van der Waals surface area (Å²) in [7, 11) is 0. The van der Waals surface area contributed by atoms with E-state index in [1.54, 1.807) is 12.1 Å². The summed E-state index contributed by atoms with van der Waals surface area (Å²) < 4.78 is 66.7. The number of ether oxygens (including phenoxy) is 10. The lowest BCUT2D eigenvalue weighted by atomic mass is 9.95. The number of hydrogen-bond acceptors (Lipinski definition) is 12. The Morgan fingerprint density at radius 2 is 1.01 bits per heavy atom. The maximum absolute atomic E-state index is 14.5. The molecule has 0 bridgehead atoms. The highest BCUT2D eigenvalue weighted by molar-refractivity contribution is 5.37. The first-order chi connectivity index (χ1) is 33.1. The normalized spacial score (nSPS) is 27.1. The van der Waals surface area contributed by atoms with E-state index in [1.807, 2.05) is 164 Å². The third-order valence-electron chi connectivity index (χ3n) is 12.1. The summed E-state index contributed by atoms with van der Waals surface area (Å²) in [5, 5.41) is 24.6. The topological polar surface area (TPSA) is 139 Å². The molecule has 67 heavy (non-hydrogen) atoms. The second-order valence-corrected chi connectivity index (χ2v) is 16.7. The van der Waals surface area contributed by atoms with Crippen LogP contribution in [0.25, 0.3) is 0 Å². The van der Waals surface area contributed by atoms with Gasteiger partial charge in [0.15, 0.2) is 12.6 Å². The Bertz CT molecular complexity index is 2430. The molecule has 0 aliphatic carbocycles. The second-order valence-electron chi connectivity index (χ2n) is 16.7. The van der Waals surface area contributed by atoms with Gasteiger partial charge in [-0.15, -0.1) is 0 Å². The van der Waals surface area contributed by atoms with Crippen LogP contribution in [0.5, 0.6) is 0 Å². The van der Waals surface area contributed by atoms with Crippen molar-refractivity contribution in [3.8, 4) is 6.07 Å². The fourth-order valence-corrected chi connectivity index (χ4v) is 8.61. The third-order valence-corrected chi connectivity index (χ3v) is 12.1. The standard InChI is InChI=1S/C55H54NO11/c56-30-43-28-16-17-29-44(43)35-62-52-49(60-33-40-22-10-3-11-23-40)47(59-32-39-20-8-2-9-21-39)45(36-58-31-38-18-6-1-7-19-38)65-55(52)67-51-50(61-34-41-24-12-4-13-25-41)48-46(64-53(51)57)37-63-54(66-48)42-26-14-5-15-27-42/h1-29,45-55H,31-37H2/q-1/t45-,46-,47-,48-,49+,50+,51-,52-,53+,54?,55-/m1/s1. The minimum absolute atomic E-state index is 0.0107. The van der Waals surface area contributed by atoms with Crippen molar-refractivity contribution in [3.63, 3.8) is 0 Å². The van der Waals surface area contributed by atoms with E-state index in [0.717, 1.165) is 27.8 Å². The van der Waals surface area contributed by atoms with Gasteiger partial charge in [-0.2, -0.15) is 5.26 Å². The van der Waals surface area contributed by atoms with E-state index in [-0.39, 0.29) is 39.6 Å². The molecule has 6 aromatic rings. The van der Waals surface area contributed by atoms with E-state index in [9.17, 15) is 10.4 Å².